The summed E-state index contributed by atoms with van der Waals surface area (Å²) in [6, 6.07) is 16.3. The van der Waals surface area contributed by atoms with E-state index in [1.165, 1.54) is 6.07 Å². The molecule has 1 amide bonds. The first-order valence-electron chi connectivity index (χ1n) is 8.80. The van der Waals surface area contributed by atoms with Crippen molar-refractivity contribution in [3.8, 4) is 28.0 Å². The highest BCUT2D eigenvalue weighted by atomic mass is 16.3. The lowest BCUT2D eigenvalue weighted by atomic mass is 10.0. The lowest BCUT2D eigenvalue weighted by molar-refractivity contribution is 0.102. The minimum absolute atomic E-state index is 0.0752. The van der Waals surface area contributed by atoms with Gasteiger partial charge in [-0.2, -0.15) is 0 Å². The van der Waals surface area contributed by atoms with Crippen LogP contribution in [0.1, 0.15) is 15.9 Å². The highest BCUT2D eigenvalue weighted by Gasteiger charge is 2.15. The first-order chi connectivity index (χ1) is 13.6. The topological polar surface area (TPSA) is 75.4 Å². The number of carbonyl (C=O) groups is 1. The van der Waals surface area contributed by atoms with Crippen LogP contribution in [0.3, 0.4) is 0 Å². The molecule has 0 spiro atoms. The van der Waals surface area contributed by atoms with Crippen LogP contribution in [0.2, 0.25) is 0 Å². The normalized spacial score (nSPS) is 10.6. The second-order valence-electron chi connectivity index (χ2n) is 6.47. The van der Waals surface area contributed by atoms with Gasteiger partial charge in [-0.05, 0) is 53.9 Å². The van der Waals surface area contributed by atoms with E-state index in [2.05, 4.69) is 10.3 Å². The molecular formula is C23H18N2O3. The van der Waals surface area contributed by atoms with Gasteiger partial charge in [-0.25, -0.2) is 0 Å². The molecule has 0 saturated heterocycles. The summed E-state index contributed by atoms with van der Waals surface area (Å²) in [5.74, 6) is -0.454. The SMILES string of the molecule is Cc1ccc(-c2ccoc2)cc1NC(=O)c1cc(-c2cccnc2)ccc1O. The van der Waals surface area contributed by atoms with Gasteiger partial charge in [0.1, 0.15) is 5.75 Å². The minimum atomic E-state index is -0.379. The summed E-state index contributed by atoms with van der Waals surface area (Å²) in [5.41, 5.74) is 5.34. The van der Waals surface area contributed by atoms with Gasteiger partial charge >= 0.3 is 0 Å². The number of rotatable bonds is 4. The molecule has 0 bridgehead atoms. The second-order valence-corrected chi connectivity index (χ2v) is 6.47. The number of anilines is 1. The average molecular weight is 370 g/mol. The molecule has 0 saturated carbocycles. The maximum Gasteiger partial charge on any atom is 0.259 e. The van der Waals surface area contributed by atoms with E-state index in [1.807, 2.05) is 43.3 Å². The van der Waals surface area contributed by atoms with Gasteiger partial charge in [0.05, 0.1) is 18.1 Å². The van der Waals surface area contributed by atoms with Crippen molar-refractivity contribution in [3.63, 3.8) is 0 Å². The van der Waals surface area contributed by atoms with E-state index >= 15 is 0 Å². The molecule has 5 heteroatoms. The number of phenols is 1. The molecular weight excluding hydrogens is 352 g/mol. The zero-order chi connectivity index (χ0) is 19.5. The third kappa shape index (κ3) is 3.50. The lowest BCUT2D eigenvalue weighted by Crippen LogP contribution is -2.13. The zero-order valence-corrected chi connectivity index (χ0v) is 15.2. The Bertz CT molecular complexity index is 1120. The quantitative estimate of drug-likeness (QED) is 0.513. The van der Waals surface area contributed by atoms with Crippen LogP contribution in [-0.2, 0) is 0 Å². The van der Waals surface area contributed by atoms with Gasteiger partial charge in [0.15, 0.2) is 0 Å². The maximum atomic E-state index is 12.9. The Kier molecular flexibility index (Phi) is 4.64. The number of nitrogens with zero attached hydrogens (tertiary/aromatic N) is 1. The van der Waals surface area contributed by atoms with E-state index in [9.17, 15) is 9.90 Å². The molecule has 2 aromatic heterocycles. The van der Waals surface area contributed by atoms with E-state index in [1.54, 1.807) is 37.1 Å². The molecule has 138 valence electrons. The van der Waals surface area contributed by atoms with E-state index < -0.39 is 0 Å². The predicted octanol–water partition coefficient (Wildman–Crippen LogP) is 5.27. The van der Waals surface area contributed by atoms with Gasteiger partial charge < -0.3 is 14.8 Å². The first kappa shape index (κ1) is 17.5. The summed E-state index contributed by atoms with van der Waals surface area (Å²) in [7, 11) is 0. The number of hydrogen-bond acceptors (Lipinski definition) is 4. The average Bonchev–Trinajstić information content (AvgIpc) is 3.25. The van der Waals surface area contributed by atoms with Gasteiger partial charge in [-0.1, -0.05) is 24.3 Å². The summed E-state index contributed by atoms with van der Waals surface area (Å²) in [4.78, 5) is 17.0. The zero-order valence-electron chi connectivity index (χ0n) is 15.2. The van der Waals surface area contributed by atoms with E-state index in [-0.39, 0.29) is 17.2 Å². The summed E-state index contributed by atoms with van der Waals surface area (Å²) >= 11 is 0. The Morgan fingerprint density at radius 3 is 2.57 bits per heavy atom. The number of aromatic nitrogens is 1. The van der Waals surface area contributed by atoms with E-state index in [4.69, 9.17) is 4.42 Å². The Balaban J connectivity index is 1.65. The number of amides is 1. The summed E-state index contributed by atoms with van der Waals surface area (Å²) < 4.78 is 5.13. The van der Waals surface area contributed by atoms with Gasteiger partial charge in [-0.3, -0.25) is 9.78 Å². The number of aryl methyl sites for hydroxylation is 1. The van der Waals surface area contributed by atoms with Crippen molar-refractivity contribution in [2.45, 2.75) is 6.92 Å². The van der Waals surface area contributed by atoms with Crippen LogP contribution < -0.4 is 5.32 Å². The molecule has 0 aliphatic carbocycles. The van der Waals surface area contributed by atoms with Crippen LogP contribution in [0.15, 0.2) is 83.9 Å². The molecule has 4 aromatic rings. The van der Waals surface area contributed by atoms with Gasteiger partial charge in [0.2, 0.25) is 0 Å². The Morgan fingerprint density at radius 2 is 1.82 bits per heavy atom. The number of nitrogens with one attached hydrogen (secondary N) is 1. The van der Waals surface area contributed by atoms with Crippen LogP contribution >= 0.6 is 0 Å². The molecule has 0 radical (unpaired) electrons. The molecule has 2 aromatic carbocycles. The largest absolute Gasteiger partial charge is 0.507 e. The summed E-state index contributed by atoms with van der Waals surface area (Å²) in [5, 5.41) is 13.1. The molecule has 28 heavy (non-hydrogen) atoms. The molecule has 5 nitrogen and oxygen atoms in total. The highest BCUT2D eigenvalue weighted by molar-refractivity contribution is 6.07. The maximum absolute atomic E-state index is 12.9. The number of furan rings is 1. The standard InChI is InChI=1S/C23H18N2O3/c1-15-4-5-17(19-8-10-28-14-19)12-21(15)25-23(27)20-11-16(6-7-22(20)26)18-3-2-9-24-13-18/h2-14,26H,1H3,(H,25,27). The molecule has 2 N–H and O–H groups in total. The molecule has 2 heterocycles. The van der Waals surface area contributed by atoms with Crippen LogP contribution in [0, 0.1) is 6.92 Å². The first-order valence-corrected chi connectivity index (χ1v) is 8.80. The Morgan fingerprint density at radius 1 is 1.00 bits per heavy atom. The fourth-order valence-electron chi connectivity index (χ4n) is 2.99. The molecule has 0 atom stereocenters. The molecule has 0 fully saturated rings. The summed E-state index contributed by atoms with van der Waals surface area (Å²) in [6.45, 7) is 1.92. The number of phenolic OH excluding ortho intramolecular Hbond substituents is 1. The Labute approximate surface area is 162 Å². The third-order valence-electron chi connectivity index (χ3n) is 4.58. The number of pyridine rings is 1. The lowest BCUT2D eigenvalue weighted by Gasteiger charge is -2.12. The Hall–Kier alpha value is -3.86. The van der Waals surface area contributed by atoms with Crippen molar-refractivity contribution in [1.82, 2.24) is 4.98 Å². The molecule has 0 aliphatic rings. The minimum Gasteiger partial charge on any atom is -0.507 e. The molecule has 0 aliphatic heterocycles. The van der Waals surface area contributed by atoms with Crippen LogP contribution in [0.25, 0.3) is 22.3 Å². The van der Waals surface area contributed by atoms with Crippen molar-refractivity contribution in [3.05, 3.63) is 90.6 Å². The van der Waals surface area contributed by atoms with Gasteiger partial charge in [-0.15, -0.1) is 0 Å². The highest BCUT2D eigenvalue weighted by Crippen LogP contribution is 2.29. The van der Waals surface area contributed by atoms with Crippen molar-refractivity contribution in [1.29, 1.82) is 0 Å². The number of benzene rings is 2. The van der Waals surface area contributed by atoms with Crippen molar-refractivity contribution in [2.24, 2.45) is 0 Å². The van der Waals surface area contributed by atoms with Crippen LogP contribution in [-0.4, -0.2) is 16.0 Å². The van der Waals surface area contributed by atoms with Crippen molar-refractivity contribution >= 4 is 11.6 Å². The monoisotopic (exact) mass is 370 g/mol. The second kappa shape index (κ2) is 7.40. The number of hydrogen-bond donors (Lipinski definition) is 2. The van der Waals surface area contributed by atoms with E-state index in [0.717, 1.165) is 27.8 Å². The van der Waals surface area contributed by atoms with E-state index in [0.29, 0.717) is 5.69 Å². The molecule has 0 unspecified atom stereocenters. The molecule has 4 rings (SSSR count). The van der Waals surface area contributed by atoms with Gasteiger partial charge in [0, 0.05) is 29.2 Å². The van der Waals surface area contributed by atoms with Crippen molar-refractivity contribution < 1.29 is 14.3 Å². The fourth-order valence-corrected chi connectivity index (χ4v) is 2.99. The van der Waals surface area contributed by atoms with Crippen molar-refractivity contribution in [2.75, 3.05) is 5.32 Å². The smallest absolute Gasteiger partial charge is 0.259 e. The summed E-state index contributed by atoms with van der Waals surface area (Å²) in [6.07, 6.45) is 6.66. The predicted molar refractivity (Wildman–Crippen MR) is 108 cm³/mol. The number of carbonyl (C=O) groups excluding carboxylic acids is 1. The fraction of sp³-hybridized carbons (Fsp3) is 0.0435. The van der Waals surface area contributed by atoms with Crippen LogP contribution in [0.4, 0.5) is 5.69 Å². The van der Waals surface area contributed by atoms with Crippen LogP contribution in [0.5, 0.6) is 5.75 Å². The van der Waals surface area contributed by atoms with Gasteiger partial charge in [0.25, 0.3) is 5.91 Å². The third-order valence-corrected chi connectivity index (χ3v) is 4.58. The number of aromatic hydroxyl groups is 1.